The van der Waals surface area contributed by atoms with Gasteiger partial charge in [-0.15, -0.1) is 0 Å². The van der Waals surface area contributed by atoms with Gasteiger partial charge < -0.3 is 10.8 Å². The summed E-state index contributed by atoms with van der Waals surface area (Å²) in [4.78, 5) is 12.6. The lowest BCUT2D eigenvalue weighted by Gasteiger charge is -2.54. The molecule has 5 atom stereocenters. The molecular weight excluding hydrogens is 562 g/mol. The highest BCUT2D eigenvalue weighted by Crippen LogP contribution is 2.56. The SMILES string of the molecule is NCC[C@H]1[C@H](C[C@@H](CC=CCCC2CCCCC2)CCc2ccccc2)CCC(C2(c3ccccc3)CCCCC2)[C@@H]1CC(=O)O. The van der Waals surface area contributed by atoms with E-state index in [0.717, 1.165) is 31.6 Å². The second-order valence-electron chi connectivity index (χ2n) is 15.4. The van der Waals surface area contributed by atoms with E-state index in [1.54, 1.807) is 0 Å². The Morgan fingerprint density at radius 1 is 0.826 bits per heavy atom. The van der Waals surface area contributed by atoms with Crippen LogP contribution in [0.4, 0.5) is 0 Å². The van der Waals surface area contributed by atoms with Gasteiger partial charge in [0.25, 0.3) is 0 Å². The Kier molecular flexibility index (Phi) is 13.8. The fourth-order valence-corrected chi connectivity index (χ4v) is 10.4. The lowest BCUT2D eigenvalue weighted by atomic mass is 9.51. The molecule has 0 spiro atoms. The first kappa shape index (κ1) is 34.9. The molecule has 3 aliphatic carbocycles. The van der Waals surface area contributed by atoms with Crippen molar-refractivity contribution in [2.45, 2.75) is 134 Å². The Morgan fingerprint density at radius 3 is 2.22 bits per heavy atom. The van der Waals surface area contributed by atoms with Gasteiger partial charge in [0.1, 0.15) is 0 Å². The Bertz CT molecular complexity index is 1160. The molecule has 1 unspecified atom stereocenters. The molecule has 3 heteroatoms. The maximum absolute atomic E-state index is 12.6. The summed E-state index contributed by atoms with van der Waals surface area (Å²) >= 11 is 0. The zero-order valence-corrected chi connectivity index (χ0v) is 28.7. The molecule has 46 heavy (non-hydrogen) atoms. The number of hydrogen-bond donors (Lipinski definition) is 2. The molecule has 3 fully saturated rings. The Labute approximate surface area is 280 Å². The van der Waals surface area contributed by atoms with Crippen molar-refractivity contribution in [1.82, 2.24) is 0 Å². The van der Waals surface area contributed by atoms with Crippen LogP contribution in [-0.4, -0.2) is 17.6 Å². The monoisotopic (exact) mass is 625 g/mol. The van der Waals surface area contributed by atoms with Crippen LogP contribution in [0.2, 0.25) is 0 Å². The summed E-state index contributed by atoms with van der Waals surface area (Å²) in [7, 11) is 0. The number of aliphatic carboxylic acids is 1. The van der Waals surface area contributed by atoms with Crippen LogP contribution in [0, 0.1) is 35.5 Å². The number of benzene rings is 2. The molecule has 0 heterocycles. The van der Waals surface area contributed by atoms with Crippen molar-refractivity contribution in [3.63, 3.8) is 0 Å². The molecule has 0 radical (unpaired) electrons. The third-order valence-electron chi connectivity index (χ3n) is 12.7. The Morgan fingerprint density at radius 2 is 1.52 bits per heavy atom. The molecule has 0 bridgehead atoms. The fraction of sp³-hybridized carbons (Fsp3) is 0.651. The molecule has 3 nitrogen and oxygen atoms in total. The summed E-state index contributed by atoms with van der Waals surface area (Å²) < 4.78 is 0. The van der Waals surface area contributed by atoms with Crippen molar-refractivity contribution >= 4 is 5.97 Å². The molecule has 3 N–H and O–H groups in total. The zero-order valence-electron chi connectivity index (χ0n) is 28.7. The van der Waals surface area contributed by atoms with Gasteiger partial charge in [-0.3, -0.25) is 4.79 Å². The van der Waals surface area contributed by atoms with Gasteiger partial charge in [-0.25, -0.2) is 0 Å². The minimum atomic E-state index is -0.627. The van der Waals surface area contributed by atoms with Crippen LogP contribution in [0.5, 0.6) is 0 Å². The quantitative estimate of drug-likeness (QED) is 0.182. The highest BCUT2D eigenvalue weighted by molar-refractivity contribution is 5.67. The van der Waals surface area contributed by atoms with E-state index >= 15 is 0 Å². The van der Waals surface area contributed by atoms with Crippen molar-refractivity contribution < 1.29 is 9.90 Å². The average Bonchev–Trinajstić information content (AvgIpc) is 3.09. The van der Waals surface area contributed by atoms with Gasteiger partial charge in [0.05, 0.1) is 0 Å². The lowest BCUT2D eigenvalue weighted by Crippen LogP contribution is -2.48. The number of allylic oxidation sites excluding steroid dienone is 2. The molecular formula is C43H63NO2. The molecule has 5 rings (SSSR count). The van der Waals surface area contributed by atoms with E-state index in [9.17, 15) is 9.90 Å². The minimum absolute atomic E-state index is 0.102. The fourth-order valence-electron chi connectivity index (χ4n) is 10.4. The third kappa shape index (κ3) is 9.59. The first-order valence-electron chi connectivity index (χ1n) is 19.3. The molecule has 2 aromatic rings. The molecule has 2 aromatic carbocycles. The van der Waals surface area contributed by atoms with E-state index in [1.807, 2.05) is 0 Å². The van der Waals surface area contributed by atoms with E-state index < -0.39 is 5.97 Å². The molecule has 0 aromatic heterocycles. The second-order valence-corrected chi connectivity index (χ2v) is 15.4. The van der Waals surface area contributed by atoms with Crippen LogP contribution in [0.25, 0.3) is 0 Å². The largest absolute Gasteiger partial charge is 0.481 e. The molecule has 0 aliphatic heterocycles. The van der Waals surface area contributed by atoms with E-state index in [-0.39, 0.29) is 17.8 Å². The van der Waals surface area contributed by atoms with Gasteiger partial charge in [0.15, 0.2) is 0 Å². The van der Waals surface area contributed by atoms with E-state index in [1.165, 1.54) is 107 Å². The second kappa shape index (κ2) is 18.2. The van der Waals surface area contributed by atoms with Crippen molar-refractivity contribution in [1.29, 1.82) is 0 Å². The Balaban J connectivity index is 1.33. The number of carboxylic acids is 1. The molecule has 3 saturated carbocycles. The van der Waals surface area contributed by atoms with Crippen LogP contribution in [0.1, 0.15) is 133 Å². The normalized spacial score (nSPS) is 26.2. The van der Waals surface area contributed by atoms with Gasteiger partial charge in [-0.2, -0.15) is 0 Å². The zero-order chi connectivity index (χ0) is 32.0. The highest BCUT2D eigenvalue weighted by Gasteiger charge is 2.50. The summed E-state index contributed by atoms with van der Waals surface area (Å²) in [5.41, 5.74) is 9.36. The van der Waals surface area contributed by atoms with E-state index in [2.05, 4.69) is 72.8 Å². The number of rotatable bonds is 16. The van der Waals surface area contributed by atoms with Gasteiger partial charge in [0.2, 0.25) is 0 Å². The molecule has 252 valence electrons. The number of aryl methyl sites for hydroxylation is 1. The first-order chi connectivity index (χ1) is 22.6. The van der Waals surface area contributed by atoms with Crippen molar-refractivity contribution in [2.75, 3.05) is 6.54 Å². The van der Waals surface area contributed by atoms with Crippen molar-refractivity contribution in [3.8, 4) is 0 Å². The van der Waals surface area contributed by atoms with Crippen LogP contribution in [0.15, 0.2) is 72.8 Å². The summed E-state index contributed by atoms with van der Waals surface area (Å²) in [6, 6.07) is 22.2. The molecule has 3 aliphatic rings. The summed E-state index contributed by atoms with van der Waals surface area (Å²) in [5.74, 6) is 2.48. The van der Waals surface area contributed by atoms with Gasteiger partial charge in [-0.1, -0.05) is 124 Å². The maximum Gasteiger partial charge on any atom is 0.303 e. The number of hydrogen-bond acceptors (Lipinski definition) is 2. The van der Waals surface area contributed by atoms with Gasteiger partial charge in [0, 0.05) is 6.42 Å². The predicted molar refractivity (Wildman–Crippen MR) is 193 cm³/mol. The number of carboxylic acid groups (broad SMARTS) is 1. The summed E-state index contributed by atoms with van der Waals surface area (Å²) in [6.45, 7) is 0.651. The van der Waals surface area contributed by atoms with Crippen LogP contribution in [-0.2, 0) is 16.6 Å². The molecule has 0 saturated heterocycles. The molecule has 0 amide bonds. The maximum atomic E-state index is 12.6. The highest BCUT2D eigenvalue weighted by atomic mass is 16.4. The van der Waals surface area contributed by atoms with Crippen molar-refractivity contribution in [2.24, 2.45) is 41.2 Å². The first-order valence-corrected chi connectivity index (χ1v) is 19.3. The number of carbonyl (C=O) groups is 1. The van der Waals surface area contributed by atoms with Gasteiger partial charge in [-0.05, 0) is 129 Å². The van der Waals surface area contributed by atoms with Crippen LogP contribution < -0.4 is 5.73 Å². The van der Waals surface area contributed by atoms with Crippen LogP contribution in [0.3, 0.4) is 0 Å². The van der Waals surface area contributed by atoms with Crippen molar-refractivity contribution in [3.05, 3.63) is 83.9 Å². The minimum Gasteiger partial charge on any atom is -0.481 e. The topological polar surface area (TPSA) is 63.3 Å². The Hall–Kier alpha value is -2.39. The number of nitrogens with two attached hydrogens (primary N) is 1. The third-order valence-corrected chi connectivity index (χ3v) is 12.7. The summed E-state index contributed by atoms with van der Waals surface area (Å²) in [5, 5.41) is 10.3. The van der Waals surface area contributed by atoms with Gasteiger partial charge >= 0.3 is 5.97 Å². The van der Waals surface area contributed by atoms with E-state index in [0.29, 0.717) is 30.2 Å². The summed E-state index contributed by atoms with van der Waals surface area (Å²) in [6.07, 6.45) is 29.2. The smallest absolute Gasteiger partial charge is 0.303 e. The van der Waals surface area contributed by atoms with E-state index in [4.69, 9.17) is 5.73 Å². The standard InChI is InChI=1S/C43H63NO2/c44-31-28-39-37(26-27-41(40(39)33-42(45)46)43(29-14-5-15-30-43)38-22-12-4-13-23-38)32-36(25-24-35-19-9-2-10-20-35)21-11-3-8-18-34-16-6-1-7-17-34/h2-4,9-13,19-20,22-23,34,36-37,39-41H,1,5-8,14-18,21,24-33,44H2,(H,45,46)/t36-,37-,39-,40+,41?/m0/s1. The average molecular weight is 626 g/mol. The van der Waals surface area contributed by atoms with Crippen LogP contribution >= 0.6 is 0 Å². The predicted octanol–water partition coefficient (Wildman–Crippen LogP) is 10.9. The lowest BCUT2D eigenvalue weighted by molar-refractivity contribution is -0.141.